The number of anilines is 2. The Morgan fingerprint density at radius 1 is 1.04 bits per heavy atom. The quantitative estimate of drug-likeness (QED) is 0.832. The van der Waals surface area contributed by atoms with Gasteiger partial charge in [0.15, 0.2) is 0 Å². The van der Waals surface area contributed by atoms with Gasteiger partial charge in [0, 0.05) is 30.3 Å². The lowest BCUT2D eigenvalue weighted by atomic mass is 9.98. The Bertz CT molecular complexity index is 977. The molecular weight excluding hydrogens is 376 g/mol. The van der Waals surface area contributed by atoms with Crippen LogP contribution in [0.5, 0.6) is 0 Å². The van der Waals surface area contributed by atoms with Crippen LogP contribution >= 0.6 is 11.8 Å². The molecule has 0 saturated carbocycles. The Balaban J connectivity index is 1.55. The number of fused-ring (bicyclic) bond motifs is 1. The molecule has 0 atom stereocenters. The number of nitrogens with zero attached hydrogens (tertiary/aromatic N) is 1. The standard InChI is InChI=1S/C21H24N2O2S2/c1-16-14-19(23-10-12-26-13-11-23)7-9-21(16)22-27(24,25)20-8-6-17-4-2-3-5-18(17)15-20/h2-5,7,9,14-15,22H,6,8,10-13H2,1H3. The summed E-state index contributed by atoms with van der Waals surface area (Å²) in [6, 6.07) is 14.0. The van der Waals surface area contributed by atoms with Gasteiger partial charge in [-0.15, -0.1) is 0 Å². The van der Waals surface area contributed by atoms with Crippen molar-refractivity contribution in [3.8, 4) is 0 Å². The van der Waals surface area contributed by atoms with Crippen LogP contribution in [0, 0.1) is 6.92 Å². The maximum atomic E-state index is 12.9. The van der Waals surface area contributed by atoms with E-state index in [1.165, 1.54) is 11.3 Å². The zero-order chi connectivity index (χ0) is 18.9. The zero-order valence-electron chi connectivity index (χ0n) is 15.4. The first-order chi connectivity index (χ1) is 13.0. The molecule has 0 bridgehead atoms. The molecular formula is C21H24N2O2S2. The summed E-state index contributed by atoms with van der Waals surface area (Å²) < 4.78 is 28.6. The molecule has 1 N–H and O–H groups in total. The van der Waals surface area contributed by atoms with Gasteiger partial charge in [-0.05, 0) is 60.7 Å². The van der Waals surface area contributed by atoms with Gasteiger partial charge in [-0.25, -0.2) is 8.42 Å². The fourth-order valence-electron chi connectivity index (χ4n) is 3.61. The van der Waals surface area contributed by atoms with Gasteiger partial charge in [0.2, 0.25) is 0 Å². The molecule has 1 aliphatic heterocycles. The Labute approximate surface area is 165 Å². The van der Waals surface area contributed by atoms with E-state index < -0.39 is 10.0 Å². The van der Waals surface area contributed by atoms with Gasteiger partial charge >= 0.3 is 0 Å². The van der Waals surface area contributed by atoms with Crippen LogP contribution in [0.25, 0.3) is 6.08 Å². The molecule has 1 fully saturated rings. The minimum atomic E-state index is -3.55. The van der Waals surface area contributed by atoms with Crippen molar-refractivity contribution in [2.45, 2.75) is 19.8 Å². The smallest absolute Gasteiger partial charge is 0.258 e. The Kier molecular flexibility index (Phi) is 5.19. The third kappa shape index (κ3) is 4.01. The molecule has 0 radical (unpaired) electrons. The fraction of sp³-hybridized carbons (Fsp3) is 0.333. The van der Waals surface area contributed by atoms with Crippen molar-refractivity contribution in [2.24, 2.45) is 0 Å². The summed E-state index contributed by atoms with van der Waals surface area (Å²) >= 11 is 1.98. The van der Waals surface area contributed by atoms with Crippen LogP contribution in [-0.4, -0.2) is 33.0 Å². The van der Waals surface area contributed by atoms with Crippen LogP contribution in [0.2, 0.25) is 0 Å². The van der Waals surface area contributed by atoms with E-state index in [0.29, 0.717) is 17.0 Å². The number of benzene rings is 2. The van der Waals surface area contributed by atoms with Gasteiger partial charge in [-0.3, -0.25) is 4.72 Å². The molecule has 1 heterocycles. The molecule has 2 aromatic carbocycles. The van der Waals surface area contributed by atoms with Crippen molar-refractivity contribution >= 4 is 39.2 Å². The number of thioether (sulfide) groups is 1. The average Bonchev–Trinajstić information content (AvgIpc) is 2.69. The van der Waals surface area contributed by atoms with E-state index >= 15 is 0 Å². The van der Waals surface area contributed by atoms with Crippen LogP contribution < -0.4 is 9.62 Å². The number of sulfonamides is 1. The summed E-state index contributed by atoms with van der Waals surface area (Å²) in [6.07, 6.45) is 3.10. The van der Waals surface area contributed by atoms with Crippen LogP contribution in [0.3, 0.4) is 0 Å². The number of hydrogen-bond acceptors (Lipinski definition) is 4. The molecule has 0 spiro atoms. The SMILES string of the molecule is Cc1cc(N2CCSCC2)ccc1NS(=O)(=O)C1=Cc2ccccc2CC1. The van der Waals surface area contributed by atoms with Crippen LogP contribution in [0.1, 0.15) is 23.1 Å². The minimum absolute atomic E-state index is 0.456. The first-order valence-electron chi connectivity index (χ1n) is 9.27. The zero-order valence-corrected chi connectivity index (χ0v) is 17.1. The van der Waals surface area contributed by atoms with Crippen molar-refractivity contribution in [3.05, 3.63) is 64.1 Å². The summed E-state index contributed by atoms with van der Waals surface area (Å²) in [4.78, 5) is 2.82. The van der Waals surface area contributed by atoms with E-state index in [1.807, 2.05) is 49.0 Å². The lowest BCUT2D eigenvalue weighted by Gasteiger charge is -2.29. The maximum Gasteiger partial charge on any atom is 0.258 e. The first kappa shape index (κ1) is 18.4. The summed E-state index contributed by atoms with van der Waals surface area (Å²) in [6.45, 7) is 4.05. The number of hydrogen-bond donors (Lipinski definition) is 1. The number of nitrogens with one attached hydrogen (secondary N) is 1. The van der Waals surface area contributed by atoms with Gasteiger partial charge in [-0.1, -0.05) is 24.3 Å². The summed E-state index contributed by atoms with van der Waals surface area (Å²) in [5, 5.41) is 0. The predicted octanol–water partition coefficient (Wildman–Crippen LogP) is 4.28. The molecule has 0 amide bonds. The maximum absolute atomic E-state index is 12.9. The second-order valence-electron chi connectivity index (χ2n) is 7.01. The molecule has 27 heavy (non-hydrogen) atoms. The number of aryl methyl sites for hydroxylation is 2. The molecule has 4 nitrogen and oxygen atoms in total. The van der Waals surface area contributed by atoms with Crippen LogP contribution in [0.15, 0.2) is 47.4 Å². The van der Waals surface area contributed by atoms with Gasteiger partial charge < -0.3 is 4.90 Å². The summed E-state index contributed by atoms with van der Waals surface area (Å²) in [5.74, 6) is 2.28. The highest BCUT2D eigenvalue weighted by Gasteiger charge is 2.22. The van der Waals surface area contributed by atoms with Gasteiger partial charge in [0.25, 0.3) is 10.0 Å². The van der Waals surface area contributed by atoms with Crippen LogP contribution in [0.4, 0.5) is 11.4 Å². The van der Waals surface area contributed by atoms with Crippen molar-refractivity contribution in [2.75, 3.05) is 34.2 Å². The van der Waals surface area contributed by atoms with E-state index in [0.717, 1.165) is 42.1 Å². The third-order valence-electron chi connectivity index (χ3n) is 5.19. The molecule has 2 aliphatic rings. The normalized spacial score (nSPS) is 17.2. The van der Waals surface area contributed by atoms with Crippen molar-refractivity contribution < 1.29 is 8.42 Å². The van der Waals surface area contributed by atoms with Gasteiger partial charge in [-0.2, -0.15) is 11.8 Å². The Morgan fingerprint density at radius 3 is 2.59 bits per heavy atom. The predicted molar refractivity (Wildman–Crippen MR) is 116 cm³/mol. The van der Waals surface area contributed by atoms with Crippen molar-refractivity contribution in [1.29, 1.82) is 0 Å². The molecule has 4 rings (SSSR count). The molecule has 2 aromatic rings. The molecule has 0 aromatic heterocycles. The number of rotatable bonds is 4. The van der Waals surface area contributed by atoms with Gasteiger partial charge in [0.05, 0.1) is 10.6 Å². The highest BCUT2D eigenvalue weighted by molar-refractivity contribution is 7.99. The van der Waals surface area contributed by atoms with E-state index in [2.05, 4.69) is 21.8 Å². The molecule has 1 aliphatic carbocycles. The lowest BCUT2D eigenvalue weighted by Crippen LogP contribution is -2.32. The Morgan fingerprint density at radius 2 is 1.81 bits per heavy atom. The topological polar surface area (TPSA) is 49.4 Å². The highest BCUT2D eigenvalue weighted by atomic mass is 32.2. The third-order valence-corrected chi connectivity index (χ3v) is 7.63. The van der Waals surface area contributed by atoms with E-state index in [1.54, 1.807) is 6.08 Å². The monoisotopic (exact) mass is 400 g/mol. The second kappa shape index (κ2) is 7.60. The van der Waals surface area contributed by atoms with Gasteiger partial charge in [0.1, 0.15) is 0 Å². The van der Waals surface area contributed by atoms with Crippen LogP contribution in [-0.2, 0) is 16.4 Å². The van der Waals surface area contributed by atoms with E-state index in [4.69, 9.17) is 0 Å². The molecule has 6 heteroatoms. The Hall–Kier alpha value is -1.92. The largest absolute Gasteiger partial charge is 0.370 e. The fourth-order valence-corrected chi connectivity index (χ4v) is 5.81. The first-order valence-corrected chi connectivity index (χ1v) is 11.9. The average molecular weight is 401 g/mol. The molecule has 0 unspecified atom stereocenters. The van der Waals surface area contributed by atoms with Crippen molar-refractivity contribution in [1.82, 2.24) is 0 Å². The summed E-state index contributed by atoms with van der Waals surface area (Å²) in [5.41, 5.74) is 4.98. The minimum Gasteiger partial charge on any atom is -0.370 e. The van der Waals surface area contributed by atoms with Crippen molar-refractivity contribution in [3.63, 3.8) is 0 Å². The number of allylic oxidation sites excluding steroid dienone is 1. The lowest BCUT2D eigenvalue weighted by molar-refractivity contribution is 0.605. The molecule has 142 valence electrons. The highest BCUT2D eigenvalue weighted by Crippen LogP contribution is 2.30. The van der Waals surface area contributed by atoms with E-state index in [9.17, 15) is 8.42 Å². The second-order valence-corrected chi connectivity index (χ2v) is 9.97. The molecule has 1 saturated heterocycles. The summed E-state index contributed by atoms with van der Waals surface area (Å²) in [7, 11) is -3.55. The van der Waals surface area contributed by atoms with E-state index in [-0.39, 0.29) is 0 Å².